The van der Waals surface area contributed by atoms with Crippen LogP contribution in [0.2, 0.25) is 0 Å². The topological polar surface area (TPSA) is 84.1 Å². The summed E-state index contributed by atoms with van der Waals surface area (Å²) >= 11 is 0. The number of hydrogen-bond donors (Lipinski definition) is 2. The summed E-state index contributed by atoms with van der Waals surface area (Å²) in [7, 11) is 0. The van der Waals surface area contributed by atoms with Gasteiger partial charge in [0.25, 0.3) is 0 Å². The largest absolute Gasteiger partial charge is 0.384 e. The number of nitrogens with zero attached hydrogens (tertiary/aromatic N) is 3. The molecule has 21 heavy (non-hydrogen) atoms. The van der Waals surface area contributed by atoms with Crippen molar-refractivity contribution < 1.29 is 4.79 Å². The highest BCUT2D eigenvalue weighted by atomic mass is 16.2. The molecule has 0 fully saturated rings. The van der Waals surface area contributed by atoms with Gasteiger partial charge in [-0.1, -0.05) is 20.8 Å². The zero-order valence-corrected chi connectivity index (χ0v) is 13.9. The van der Waals surface area contributed by atoms with E-state index < -0.39 is 0 Å². The normalized spacial score (nSPS) is 11.6. The molecule has 0 saturated heterocycles. The van der Waals surface area contributed by atoms with Crippen LogP contribution in [0.15, 0.2) is 6.07 Å². The first-order chi connectivity index (χ1) is 9.63. The highest BCUT2D eigenvalue weighted by Gasteiger charge is 2.21. The van der Waals surface area contributed by atoms with E-state index in [-0.39, 0.29) is 23.9 Å². The second-order valence-corrected chi connectivity index (χ2v) is 6.46. The smallest absolute Gasteiger partial charge is 0.239 e. The molecule has 6 nitrogen and oxygen atoms in total. The number of likely N-dealkylation sites (N-methyl/N-ethyl adjacent to an activating group) is 1. The maximum Gasteiger partial charge on any atom is 0.239 e. The summed E-state index contributed by atoms with van der Waals surface area (Å²) in [4.78, 5) is 22.7. The summed E-state index contributed by atoms with van der Waals surface area (Å²) in [6.45, 7) is 12.9. The molecule has 0 aromatic carbocycles. The molecule has 3 N–H and O–H groups in total. The van der Waals surface area contributed by atoms with E-state index >= 15 is 0 Å². The van der Waals surface area contributed by atoms with Gasteiger partial charge in [0.1, 0.15) is 17.5 Å². The number of amides is 1. The van der Waals surface area contributed by atoms with Crippen LogP contribution in [-0.2, 0) is 10.2 Å². The van der Waals surface area contributed by atoms with E-state index in [0.29, 0.717) is 24.0 Å². The molecule has 1 aromatic rings. The van der Waals surface area contributed by atoms with Crippen LogP contribution < -0.4 is 16.0 Å². The summed E-state index contributed by atoms with van der Waals surface area (Å²) < 4.78 is 0. The highest BCUT2D eigenvalue weighted by Crippen LogP contribution is 2.22. The summed E-state index contributed by atoms with van der Waals surface area (Å²) in [5.74, 6) is 1.77. The Labute approximate surface area is 127 Å². The Hall–Kier alpha value is -1.85. The molecular formula is C15H27N5O. The maximum atomic E-state index is 11.9. The molecule has 0 spiro atoms. The molecule has 1 rings (SSSR count). The van der Waals surface area contributed by atoms with Crippen molar-refractivity contribution in [1.29, 1.82) is 0 Å². The lowest BCUT2D eigenvalue weighted by atomic mass is 9.96. The molecule has 0 aliphatic heterocycles. The predicted molar refractivity (Wildman–Crippen MR) is 86.3 cm³/mol. The van der Waals surface area contributed by atoms with Gasteiger partial charge in [0.05, 0.1) is 6.54 Å². The van der Waals surface area contributed by atoms with Gasteiger partial charge in [-0.15, -0.1) is 0 Å². The molecule has 0 atom stereocenters. The lowest BCUT2D eigenvalue weighted by Gasteiger charge is -2.25. The van der Waals surface area contributed by atoms with Crippen molar-refractivity contribution in [2.45, 2.75) is 53.0 Å². The van der Waals surface area contributed by atoms with E-state index in [1.54, 1.807) is 6.07 Å². The van der Waals surface area contributed by atoms with E-state index in [2.05, 4.69) is 15.3 Å². The number of hydrogen-bond acceptors (Lipinski definition) is 5. The van der Waals surface area contributed by atoms with Crippen LogP contribution in [-0.4, -0.2) is 35.0 Å². The summed E-state index contributed by atoms with van der Waals surface area (Å²) in [5.41, 5.74) is 5.69. The summed E-state index contributed by atoms with van der Waals surface area (Å²) in [6, 6.07) is 1.83. The van der Waals surface area contributed by atoms with Gasteiger partial charge in [-0.05, 0) is 20.8 Å². The highest BCUT2D eigenvalue weighted by molar-refractivity contribution is 5.81. The van der Waals surface area contributed by atoms with Crippen molar-refractivity contribution in [1.82, 2.24) is 15.3 Å². The molecule has 0 aliphatic carbocycles. The Morgan fingerprint density at radius 2 is 2.00 bits per heavy atom. The van der Waals surface area contributed by atoms with E-state index in [1.807, 2.05) is 46.4 Å². The predicted octanol–water partition coefficient (Wildman–Crippen LogP) is 1.71. The van der Waals surface area contributed by atoms with Gasteiger partial charge in [0.15, 0.2) is 0 Å². The second kappa shape index (κ2) is 6.74. The molecular weight excluding hydrogens is 266 g/mol. The minimum Gasteiger partial charge on any atom is -0.384 e. The van der Waals surface area contributed by atoms with Gasteiger partial charge < -0.3 is 16.0 Å². The van der Waals surface area contributed by atoms with Gasteiger partial charge in [0, 0.05) is 24.1 Å². The van der Waals surface area contributed by atoms with Crippen LogP contribution >= 0.6 is 0 Å². The molecule has 0 bridgehead atoms. The fourth-order valence-electron chi connectivity index (χ4n) is 1.85. The first-order valence-electron chi connectivity index (χ1n) is 7.32. The molecule has 0 aliphatic rings. The lowest BCUT2D eigenvalue weighted by molar-refractivity contribution is -0.120. The minimum atomic E-state index is -0.191. The number of rotatable bonds is 5. The molecule has 0 unspecified atom stereocenters. The van der Waals surface area contributed by atoms with Gasteiger partial charge in [-0.25, -0.2) is 9.97 Å². The fourth-order valence-corrected chi connectivity index (χ4v) is 1.85. The number of nitrogen functional groups attached to an aromatic ring is 1. The van der Waals surface area contributed by atoms with Crippen molar-refractivity contribution in [3.05, 3.63) is 11.9 Å². The number of nitrogens with two attached hydrogens (primary N) is 1. The summed E-state index contributed by atoms with van der Waals surface area (Å²) in [5, 5.41) is 2.88. The monoisotopic (exact) mass is 293 g/mol. The maximum absolute atomic E-state index is 11.9. The minimum absolute atomic E-state index is 0.0265. The Bertz CT molecular complexity index is 493. The summed E-state index contributed by atoms with van der Waals surface area (Å²) in [6.07, 6.45) is 0. The number of aromatic nitrogens is 2. The van der Waals surface area contributed by atoms with Crippen molar-refractivity contribution in [3.8, 4) is 0 Å². The van der Waals surface area contributed by atoms with E-state index in [4.69, 9.17) is 5.73 Å². The number of nitrogens with one attached hydrogen (secondary N) is 1. The average Bonchev–Trinajstić information content (AvgIpc) is 2.33. The third kappa shape index (κ3) is 5.21. The van der Waals surface area contributed by atoms with Crippen LogP contribution in [0, 0.1) is 0 Å². The van der Waals surface area contributed by atoms with Crippen LogP contribution in [0.1, 0.15) is 47.4 Å². The van der Waals surface area contributed by atoms with Crippen molar-refractivity contribution in [2.75, 3.05) is 23.7 Å². The SMILES string of the molecule is CCN(CC(=O)NC(C)C)c1cc(N)nc(C(C)(C)C)n1. The fraction of sp³-hybridized carbons (Fsp3) is 0.667. The molecule has 1 aromatic heterocycles. The Kier molecular flexibility index (Phi) is 5.52. The molecule has 0 radical (unpaired) electrons. The van der Waals surface area contributed by atoms with Gasteiger partial charge in [-0.2, -0.15) is 0 Å². The van der Waals surface area contributed by atoms with Crippen molar-refractivity contribution in [2.24, 2.45) is 0 Å². The van der Waals surface area contributed by atoms with Crippen LogP contribution in [0.3, 0.4) is 0 Å². The first kappa shape index (κ1) is 17.2. The number of carbonyl (C=O) groups is 1. The van der Waals surface area contributed by atoms with Gasteiger partial charge in [-0.3, -0.25) is 4.79 Å². The van der Waals surface area contributed by atoms with Crippen LogP contribution in [0.4, 0.5) is 11.6 Å². The molecule has 6 heteroatoms. The van der Waals surface area contributed by atoms with Crippen LogP contribution in [0.5, 0.6) is 0 Å². The number of anilines is 2. The average molecular weight is 293 g/mol. The van der Waals surface area contributed by atoms with Gasteiger partial charge in [0.2, 0.25) is 5.91 Å². The van der Waals surface area contributed by atoms with E-state index in [9.17, 15) is 4.79 Å². The zero-order chi connectivity index (χ0) is 16.2. The van der Waals surface area contributed by atoms with E-state index in [0.717, 1.165) is 0 Å². The Morgan fingerprint density at radius 3 is 2.48 bits per heavy atom. The number of carbonyl (C=O) groups excluding carboxylic acids is 1. The third-order valence-electron chi connectivity index (χ3n) is 2.89. The van der Waals surface area contributed by atoms with E-state index in [1.165, 1.54) is 0 Å². The van der Waals surface area contributed by atoms with Crippen molar-refractivity contribution in [3.63, 3.8) is 0 Å². The first-order valence-corrected chi connectivity index (χ1v) is 7.32. The molecule has 118 valence electrons. The second-order valence-electron chi connectivity index (χ2n) is 6.46. The molecule has 0 saturated carbocycles. The standard InChI is InChI=1S/C15H27N5O/c1-7-20(9-13(21)17-10(2)3)12-8-11(16)18-14(19-12)15(4,5)6/h8,10H,7,9H2,1-6H3,(H,17,21)(H2,16,18,19). The molecule has 1 heterocycles. The lowest BCUT2D eigenvalue weighted by Crippen LogP contribution is -2.40. The quantitative estimate of drug-likeness (QED) is 0.863. The third-order valence-corrected chi connectivity index (χ3v) is 2.89. The van der Waals surface area contributed by atoms with Gasteiger partial charge >= 0.3 is 0 Å². The Morgan fingerprint density at radius 1 is 1.38 bits per heavy atom. The molecule has 1 amide bonds. The Balaban J connectivity index is 3.00. The zero-order valence-electron chi connectivity index (χ0n) is 13.9. The van der Waals surface area contributed by atoms with Crippen molar-refractivity contribution >= 4 is 17.5 Å². The van der Waals surface area contributed by atoms with Crippen LogP contribution in [0.25, 0.3) is 0 Å².